The fraction of sp³-hybridized carbons (Fsp3) is 0.538. The highest BCUT2D eigenvalue weighted by atomic mass is 32.2. The number of pyridine rings is 1. The minimum atomic E-state index is 0.00173. The van der Waals surface area contributed by atoms with Gasteiger partial charge in [-0.15, -0.1) is 0 Å². The van der Waals surface area contributed by atoms with Crippen LogP contribution in [-0.4, -0.2) is 39.4 Å². The lowest BCUT2D eigenvalue weighted by atomic mass is 10.1. The topological polar surface area (TPSA) is 71.2 Å². The van der Waals surface area contributed by atoms with Gasteiger partial charge in [-0.05, 0) is 18.6 Å². The number of thioether (sulfide) groups is 1. The van der Waals surface area contributed by atoms with Crippen molar-refractivity contribution in [3.63, 3.8) is 0 Å². The first-order valence-electron chi connectivity index (χ1n) is 6.38. The van der Waals surface area contributed by atoms with Crippen molar-refractivity contribution >= 4 is 23.4 Å². The molecule has 3 N–H and O–H groups in total. The van der Waals surface area contributed by atoms with Crippen LogP contribution in [0, 0.1) is 0 Å². The van der Waals surface area contributed by atoms with Gasteiger partial charge in [-0.1, -0.05) is 13.8 Å². The maximum atomic E-state index is 12.4. The molecule has 0 radical (unpaired) electrons. The molecule has 0 saturated carbocycles. The van der Waals surface area contributed by atoms with E-state index in [1.54, 1.807) is 18.3 Å². The number of anilines is 1. The van der Waals surface area contributed by atoms with E-state index in [1.807, 2.05) is 16.7 Å². The number of carbonyl (C=O) groups excluding carboxylic acids is 1. The molecule has 19 heavy (non-hydrogen) atoms. The van der Waals surface area contributed by atoms with E-state index in [9.17, 15) is 4.79 Å². The van der Waals surface area contributed by atoms with Gasteiger partial charge < -0.3 is 10.3 Å². The van der Waals surface area contributed by atoms with Crippen LogP contribution in [0.15, 0.2) is 18.3 Å². The summed E-state index contributed by atoms with van der Waals surface area (Å²) in [5.74, 6) is 6.26. The largest absolute Gasteiger partial charge is 0.336 e. The standard InChI is InChI=1S/C13H20N4OS/c1-13(2)5-6-17(7-8-19-13)12(18)11-4-3-10(16-14)9-15-11/h3-4,9,16H,5-8,14H2,1-2H3. The Balaban J connectivity index is 2.06. The lowest BCUT2D eigenvalue weighted by Crippen LogP contribution is -2.34. The number of aromatic nitrogens is 1. The second-order valence-corrected chi connectivity index (χ2v) is 7.03. The molecule has 5 nitrogen and oxygen atoms in total. The third-order valence-corrected chi connectivity index (χ3v) is 4.65. The van der Waals surface area contributed by atoms with Crippen molar-refractivity contribution in [3.8, 4) is 0 Å². The van der Waals surface area contributed by atoms with Crippen molar-refractivity contribution in [2.75, 3.05) is 24.3 Å². The van der Waals surface area contributed by atoms with Crippen LogP contribution in [-0.2, 0) is 0 Å². The lowest BCUT2D eigenvalue weighted by molar-refractivity contribution is 0.0759. The number of amides is 1. The molecule has 1 aromatic rings. The van der Waals surface area contributed by atoms with Crippen LogP contribution in [0.1, 0.15) is 30.8 Å². The number of nitrogen functional groups attached to an aromatic ring is 1. The molecular formula is C13H20N4OS. The Kier molecular flexibility index (Phi) is 4.31. The molecule has 6 heteroatoms. The Morgan fingerprint density at radius 1 is 1.47 bits per heavy atom. The van der Waals surface area contributed by atoms with Crippen LogP contribution in [0.5, 0.6) is 0 Å². The van der Waals surface area contributed by atoms with Gasteiger partial charge in [0.25, 0.3) is 5.91 Å². The van der Waals surface area contributed by atoms with E-state index in [4.69, 9.17) is 5.84 Å². The Bertz CT molecular complexity index is 446. The summed E-state index contributed by atoms with van der Waals surface area (Å²) in [6, 6.07) is 3.47. The Hall–Kier alpha value is -1.27. The Morgan fingerprint density at radius 3 is 2.89 bits per heavy atom. The van der Waals surface area contributed by atoms with Crippen molar-refractivity contribution in [2.45, 2.75) is 25.0 Å². The van der Waals surface area contributed by atoms with E-state index in [-0.39, 0.29) is 10.7 Å². The Morgan fingerprint density at radius 2 is 2.26 bits per heavy atom. The summed E-state index contributed by atoms with van der Waals surface area (Å²) < 4.78 is 0.246. The van der Waals surface area contributed by atoms with Gasteiger partial charge in [-0.3, -0.25) is 10.6 Å². The maximum absolute atomic E-state index is 12.4. The molecule has 1 fully saturated rings. The van der Waals surface area contributed by atoms with Crippen LogP contribution >= 0.6 is 11.8 Å². The van der Waals surface area contributed by atoms with Crippen LogP contribution < -0.4 is 11.3 Å². The summed E-state index contributed by atoms with van der Waals surface area (Å²) in [7, 11) is 0. The number of carbonyl (C=O) groups is 1. The van der Waals surface area contributed by atoms with E-state index in [0.717, 1.165) is 25.3 Å². The molecule has 0 spiro atoms. The zero-order chi connectivity index (χ0) is 13.9. The van der Waals surface area contributed by atoms with E-state index >= 15 is 0 Å². The van der Waals surface area contributed by atoms with Gasteiger partial charge >= 0.3 is 0 Å². The molecule has 0 aromatic carbocycles. The first-order chi connectivity index (χ1) is 9.02. The van der Waals surface area contributed by atoms with Crippen LogP contribution in [0.25, 0.3) is 0 Å². The first-order valence-corrected chi connectivity index (χ1v) is 7.36. The first kappa shape index (κ1) is 14.1. The fourth-order valence-electron chi connectivity index (χ4n) is 1.99. The maximum Gasteiger partial charge on any atom is 0.272 e. The molecule has 1 saturated heterocycles. The van der Waals surface area contributed by atoms with Gasteiger partial charge in [0.1, 0.15) is 5.69 Å². The SMILES string of the molecule is CC1(C)CCN(C(=O)c2ccc(NN)cn2)CCS1. The highest BCUT2D eigenvalue weighted by Crippen LogP contribution is 2.30. The molecule has 1 aliphatic heterocycles. The summed E-state index contributed by atoms with van der Waals surface area (Å²) in [4.78, 5) is 18.4. The molecule has 0 bridgehead atoms. The molecule has 1 aromatic heterocycles. The summed E-state index contributed by atoms with van der Waals surface area (Å²) >= 11 is 1.92. The smallest absolute Gasteiger partial charge is 0.272 e. The molecular weight excluding hydrogens is 260 g/mol. The molecule has 1 amide bonds. The minimum absolute atomic E-state index is 0.00173. The number of nitrogens with two attached hydrogens (primary N) is 1. The molecule has 0 aliphatic carbocycles. The zero-order valence-electron chi connectivity index (χ0n) is 11.3. The van der Waals surface area contributed by atoms with Gasteiger partial charge in [0.2, 0.25) is 0 Å². The van der Waals surface area contributed by atoms with E-state index in [0.29, 0.717) is 11.4 Å². The van der Waals surface area contributed by atoms with E-state index in [2.05, 4.69) is 24.3 Å². The summed E-state index contributed by atoms with van der Waals surface area (Å²) in [6.45, 7) is 6.03. The van der Waals surface area contributed by atoms with E-state index in [1.165, 1.54) is 0 Å². The predicted molar refractivity (Wildman–Crippen MR) is 79.1 cm³/mol. The van der Waals surface area contributed by atoms with Gasteiger partial charge in [-0.25, -0.2) is 4.98 Å². The number of rotatable bonds is 2. The summed E-state index contributed by atoms with van der Waals surface area (Å²) in [5.41, 5.74) is 3.68. The van der Waals surface area contributed by atoms with Gasteiger partial charge in [0.15, 0.2) is 0 Å². The van der Waals surface area contributed by atoms with Crippen molar-refractivity contribution in [2.24, 2.45) is 5.84 Å². The van der Waals surface area contributed by atoms with Crippen molar-refractivity contribution in [3.05, 3.63) is 24.0 Å². The lowest BCUT2D eigenvalue weighted by Gasteiger charge is -2.22. The highest BCUT2D eigenvalue weighted by molar-refractivity contribution is 8.00. The number of hydrazine groups is 1. The molecule has 0 unspecified atom stereocenters. The van der Waals surface area contributed by atoms with Gasteiger partial charge in [0, 0.05) is 23.6 Å². The highest BCUT2D eigenvalue weighted by Gasteiger charge is 2.26. The molecule has 2 heterocycles. The van der Waals surface area contributed by atoms with E-state index < -0.39 is 0 Å². The second-order valence-electron chi connectivity index (χ2n) is 5.23. The van der Waals surface area contributed by atoms with Crippen LogP contribution in [0.4, 0.5) is 5.69 Å². The quantitative estimate of drug-likeness (QED) is 0.637. The minimum Gasteiger partial charge on any atom is -0.336 e. The zero-order valence-corrected chi connectivity index (χ0v) is 12.2. The number of hydrogen-bond acceptors (Lipinski definition) is 5. The van der Waals surface area contributed by atoms with Crippen molar-refractivity contribution in [1.82, 2.24) is 9.88 Å². The van der Waals surface area contributed by atoms with Crippen LogP contribution in [0.2, 0.25) is 0 Å². The summed E-state index contributed by atoms with van der Waals surface area (Å²) in [6.07, 6.45) is 2.58. The average Bonchev–Trinajstić information content (AvgIpc) is 2.59. The molecule has 2 rings (SSSR count). The average molecular weight is 280 g/mol. The predicted octanol–water partition coefficient (Wildman–Crippen LogP) is 1.72. The molecule has 104 valence electrons. The number of hydrogen-bond donors (Lipinski definition) is 2. The van der Waals surface area contributed by atoms with Gasteiger partial charge in [-0.2, -0.15) is 11.8 Å². The monoisotopic (exact) mass is 280 g/mol. The third-order valence-electron chi connectivity index (χ3n) is 3.27. The molecule has 1 aliphatic rings. The van der Waals surface area contributed by atoms with Crippen molar-refractivity contribution < 1.29 is 4.79 Å². The molecule has 0 atom stereocenters. The van der Waals surface area contributed by atoms with Crippen LogP contribution in [0.3, 0.4) is 0 Å². The van der Waals surface area contributed by atoms with Crippen molar-refractivity contribution in [1.29, 1.82) is 0 Å². The number of nitrogens with zero attached hydrogens (tertiary/aromatic N) is 2. The second kappa shape index (κ2) is 5.79. The number of nitrogens with one attached hydrogen (secondary N) is 1. The normalized spacial score (nSPS) is 18.8. The van der Waals surface area contributed by atoms with Gasteiger partial charge in [0.05, 0.1) is 11.9 Å². The third kappa shape index (κ3) is 3.61. The summed E-state index contributed by atoms with van der Waals surface area (Å²) in [5, 5.41) is 0. The fourth-order valence-corrected chi connectivity index (χ4v) is 3.09. The Labute approximate surface area is 117 Å².